The molecule has 0 unspecified atom stereocenters. The summed E-state index contributed by atoms with van der Waals surface area (Å²) in [5, 5.41) is 0. The molecule has 0 amide bonds. The van der Waals surface area contributed by atoms with E-state index in [9.17, 15) is 0 Å². The van der Waals surface area contributed by atoms with E-state index in [2.05, 4.69) is 221 Å². The topological polar surface area (TPSA) is 6.48 Å². The molecule has 8 aromatic rings. The fourth-order valence-corrected chi connectivity index (χ4v) is 12.3. The first kappa shape index (κ1) is 35.4. The van der Waals surface area contributed by atoms with E-state index in [1.54, 1.807) is 0 Å². The fraction of sp³-hybridized carbons (Fsp3) is 0.143. The van der Waals surface area contributed by atoms with Gasteiger partial charge in [0.2, 0.25) is 13.4 Å². The SMILES string of the molecule is Cc1ccc2c3c1C(C)(C)c1ccccc1B3c1cc(-c3ccc(N(c4ccccc4)c4ccccc4)cc3)cc3c1N2c1ccc(C)c2c1B3c1ccccc1C2(C)C. The van der Waals surface area contributed by atoms with E-state index in [4.69, 9.17) is 0 Å². The van der Waals surface area contributed by atoms with Gasteiger partial charge in [0.05, 0.1) is 0 Å². The monoisotopic (exact) mass is 768 g/mol. The highest BCUT2D eigenvalue weighted by atomic mass is 15.2. The van der Waals surface area contributed by atoms with E-state index in [1.807, 2.05) is 0 Å². The zero-order valence-corrected chi connectivity index (χ0v) is 35.2. The van der Waals surface area contributed by atoms with E-state index in [-0.39, 0.29) is 24.3 Å². The molecule has 0 aliphatic carbocycles. The lowest BCUT2D eigenvalue weighted by Crippen LogP contribution is -2.70. The Hall–Kier alpha value is -6.51. The van der Waals surface area contributed by atoms with Crippen molar-refractivity contribution in [3.8, 4) is 11.1 Å². The summed E-state index contributed by atoms with van der Waals surface area (Å²) < 4.78 is 0. The summed E-state index contributed by atoms with van der Waals surface area (Å²) in [6.07, 6.45) is 0. The van der Waals surface area contributed by atoms with Gasteiger partial charge in [-0.1, -0.05) is 160 Å². The van der Waals surface area contributed by atoms with Crippen LogP contribution in [-0.2, 0) is 10.8 Å². The van der Waals surface area contributed by atoms with Gasteiger partial charge >= 0.3 is 0 Å². The van der Waals surface area contributed by atoms with Crippen LogP contribution >= 0.6 is 0 Å². The minimum Gasteiger partial charge on any atom is -0.313 e. The maximum Gasteiger partial charge on any atom is 0.247 e. The Morgan fingerprint density at radius 3 is 1.30 bits per heavy atom. The number of hydrogen-bond acceptors (Lipinski definition) is 2. The Bertz CT molecular complexity index is 2890. The molecule has 0 atom stereocenters. The van der Waals surface area contributed by atoms with E-state index in [1.165, 1.54) is 94.3 Å². The number of hydrogen-bond donors (Lipinski definition) is 0. The number of benzene rings is 8. The van der Waals surface area contributed by atoms with Crippen molar-refractivity contribution in [1.29, 1.82) is 0 Å². The van der Waals surface area contributed by atoms with Crippen LogP contribution in [0.2, 0.25) is 0 Å². The molecule has 0 fully saturated rings. The Morgan fingerprint density at radius 2 is 0.833 bits per heavy atom. The quantitative estimate of drug-likeness (QED) is 0.165. The number of aryl methyl sites for hydroxylation is 2. The van der Waals surface area contributed by atoms with Gasteiger partial charge in [-0.15, -0.1) is 0 Å². The fourth-order valence-electron chi connectivity index (χ4n) is 12.3. The number of nitrogens with zero attached hydrogens (tertiary/aromatic N) is 2. The molecule has 286 valence electrons. The van der Waals surface area contributed by atoms with E-state index >= 15 is 0 Å². The maximum atomic E-state index is 2.69. The molecule has 0 saturated carbocycles. The molecule has 0 saturated heterocycles. The van der Waals surface area contributed by atoms with E-state index in [0.29, 0.717) is 0 Å². The van der Waals surface area contributed by atoms with Crippen molar-refractivity contribution >= 4 is 80.3 Å². The average Bonchev–Trinajstić information content (AvgIpc) is 3.26. The van der Waals surface area contributed by atoms with Gasteiger partial charge in [-0.2, -0.15) is 0 Å². The third-order valence-electron chi connectivity index (χ3n) is 14.6. The molecule has 12 rings (SSSR count). The zero-order chi connectivity index (χ0) is 40.7. The lowest BCUT2D eigenvalue weighted by atomic mass is 9.26. The largest absolute Gasteiger partial charge is 0.313 e. The first-order chi connectivity index (χ1) is 29.1. The third kappa shape index (κ3) is 4.68. The van der Waals surface area contributed by atoms with Crippen molar-refractivity contribution in [3.05, 3.63) is 203 Å². The van der Waals surface area contributed by atoms with Gasteiger partial charge in [0.1, 0.15) is 0 Å². The van der Waals surface area contributed by atoms with E-state index in [0.717, 1.165) is 17.1 Å². The smallest absolute Gasteiger partial charge is 0.247 e. The summed E-state index contributed by atoms with van der Waals surface area (Å²) in [5.41, 5.74) is 26.8. The highest BCUT2D eigenvalue weighted by Gasteiger charge is 2.52. The van der Waals surface area contributed by atoms with Crippen LogP contribution in [0, 0.1) is 13.8 Å². The van der Waals surface area contributed by atoms with Crippen molar-refractivity contribution in [1.82, 2.24) is 0 Å². The van der Waals surface area contributed by atoms with Crippen molar-refractivity contribution in [3.63, 3.8) is 0 Å². The normalized spacial score (nSPS) is 15.3. The van der Waals surface area contributed by atoms with Crippen LogP contribution in [-0.4, -0.2) is 13.4 Å². The van der Waals surface area contributed by atoms with Gasteiger partial charge in [-0.05, 0) is 129 Å². The predicted octanol–water partition coefficient (Wildman–Crippen LogP) is 9.85. The zero-order valence-electron chi connectivity index (χ0n) is 35.2. The van der Waals surface area contributed by atoms with Gasteiger partial charge in [-0.25, -0.2) is 0 Å². The van der Waals surface area contributed by atoms with Gasteiger partial charge in [0.25, 0.3) is 0 Å². The van der Waals surface area contributed by atoms with Crippen LogP contribution in [0.5, 0.6) is 0 Å². The molecule has 8 aromatic carbocycles. The second kappa shape index (κ2) is 12.5. The third-order valence-corrected chi connectivity index (χ3v) is 14.6. The molecule has 4 aliphatic heterocycles. The minimum absolute atomic E-state index is 0.108. The van der Waals surface area contributed by atoms with Crippen molar-refractivity contribution in [2.45, 2.75) is 52.4 Å². The standard InChI is InChI=1S/C56H46B2N2/c1-35-25-31-48-52-50(35)55(3,4)42-21-13-15-23-44(42)57(52)46-33-38(37-27-29-41(30-28-37)59(39-17-9-7-10-18-39)40-19-11-8-12-20-40)34-47-54(46)60(48)49-32-26-36(2)51-53(49)58(47)45-24-16-14-22-43(45)56(51,5)6/h7-34H,1-6H3. The van der Waals surface area contributed by atoms with Crippen molar-refractivity contribution < 1.29 is 0 Å². The molecular formula is C56H46B2N2. The Morgan fingerprint density at radius 1 is 0.417 bits per heavy atom. The molecular weight excluding hydrogens is 722 g/mol. The summed E-state index contributed by atoms with van der Waals surface area (Å²) >= 11 is 0. The molecule has 0 spiro atoms. The molecule has 60 heavy (non-hydrogen) atoms. The lowest BCUT2D eigenvalue weighted by Gasteiger charge is -2.51. The van der Waals surface area contributed by atoms with Crippen LogP contribution in [0.15, 0.2) is 170 Å². The molecule has 0 bridgehead atoms. The van der Waals surface area contributed by atoms with Gasteiger partial charge in [-0.3, -0.25) is 0 Å². The number of anilines is 6. The van der Waals surface area contributed by atoms with Crippen LogP contribution in [0.3, 0.4) is 0 Å². The maximum absolute atomic E-state index is 2.69. The molecule has 0 N–H and O–H groups in total. The summed E-state index contributed by atoms with van der Waals surface area (Å²) in [6, 6.07) is 64.1. The molecule has 4 heterocycles. The minimum atomic E-state index is -0.147. The van der Waals surface area contributed by atoms with Crippen molar-refractivity contribution in [2.24, 2.45) is 0 Å². The summed E-state index contributed by atoms with van der Waals surface area (Å²) in [4.78, 5) is 5.04. The summed E-state index contributed by atoms with van der Waals surface area (Å²) in [6.45, 7) is 14.6. The number of fused-ring (bicyclic) bond motifs is 8. The van der Waals surface area contributed by atoms with Crippen LogP contribution < -0.4 is 42.6 Å². The van der Waals surface area contributed by atoms with Crippen LogP contribution in [0.1, 0.15) is 61.1 Å². The molecule has 0 aromatic heterocycles. The number of rotatable bonds is 4. The Labute approximate surface area is 355 Å². The summed E-state index contributed by atoms with van der Waals surface area (Å²) in [7, 11) is 0. The van der Waals surface area contributed by atoms with Gasteiger partial charge in [0, 0.05) is 45.0 Å². The predicted molar refractivity (Wildman–Crippen MR) is 257 cm³/mol. The first-order valence-electron chi connectivity index (χ1n) is 21.6. The van der Waals surface area contributed by atoms with Gasteiger partial charge < -0.3 is 9.80 Å². The van der Waals surface area contributed by atoms with Crippen molar-refractivity contribution in [2.75, 3.05) is 9.80 Å². The second-order valence-electron chi connectivity index (χ2n) is 18.6. The number of para-hydroxylation sites is 2. The van der Waals surface area contributed by atoms with Gasteiger partial charge in [0.15, 0.2) is 0 Å². The first-order valence-corrected chi connectivity index (χ1v) is 21.6. The van der Waals surface area contributed by atoms with Crippen LogP contribution in [0.4, 0.5) is 34.1 Å². The van der Waals surface area contributed by atoms with Crippen LogP contribution in [0.25, 0.3) is 11.1 Å². The summed E-state index contributed by atoms with van der Waals surface area (Å²) in [5.74, 6) is 0. The molecule has 4 aliphatic rings. The molecule has 4 heteroatoms. The highest BCUT2D eigenvalue weighted by Crippen LogP contribution is 2.47. The Balaban J connectivity index is 1.15. The second-order valence-corrected chi connectivity index (χ2v) is 18.6. The van der Waals surface area contributed by atoms with E-state index < -0.39 is 0 Å². The lowest BCUT2D eigenvalue weighted by molar-refractivity contribution is 0.640. The highest BCUT2D eigenvalue weighted by molar-refractivity contribution is 7.03. The Kier molecular flexibility index (Phi) is 7.39. The average molecular weight is 769 g/mol. The molecule has 0 radical (unpaired) electrons. The molecule has 2 nitrogen and oxygen atoms in total.